The molecule has 2 aromatic rings. The van der Waals surface area contributed by atoms with Crippen molar-refractivity contribution in [2.75, 3.05) is 5.32 Å². The summed E-state index contributed by atoms with van der Waals surface area (Å²) in [5.74, 6) is -0.0889. The Balaban J connectivity index is 2.12. The van der Waals surface area contributed by atoms with E-state index in [1.54, 1.807) is 24.3 Å². The van der Waals surface area contributed by atoms with E-state index in [2.05, 4.69) is 26.1 Å². The lowest BCUT2D eigenvalue weighted by Crippen LogP contribution is -2.15. The molecular formula is C23H29NO2. The summed E-state index contributed by atoms with van der Waals surface area (Å²) in [7, 11) is 0. The third kappa shape index (κ3) is 5.55. The van der Waals surface area contributed by atoms with Gasteiger partial charge in [0.05, 0.1) is 0 Å². The van der Waals surface area contributed by atoms with Crippen LogP contribution in [0.4, 0.5) is 5.69 Å². The second kappa shape index (κ2) is 7.45. The van der Waals surface area contributed by atoms with E-state index >= 15 is 0 Å². The van der Waals surface area contributed by atoms with Gasteiger partial charge >= 0.3 is 0 Å². The fourth-order valence-corrected chi connectivity index (χ4v) is 2.68. The lowest BCUT2D eigenvalue weighted by Gasteiger charge is -2.19. The first-order valence-corrected chi connectivity index (χ1v) is 9.01. The van der Waals surface area contributed by atoms with E-state index in [1.165, 1.54) is 5.56 Å². The maximum absolute atomic E-state index is 12.5. The normalized spacial score (nSPS) is 11.9. The van der Waals surface area contributed by atoms with Crippen LogP contribution in [0.1, 0.15) is 74.2 Å². The molecule has 0 aromatic heterocycles. The lowest BCUT2D eigenvalue weighted by molar-refractivity contribution is 0.0938. The van der Waals surface area contributed by atoms with E-state index in [0.29, 0.717) is 23.2 Å². The Labute approximate surface area is 156 Å². The fraction of sp³-hybridized carbons (Fsp3) is 0.391. The number of Topliss-reactive ketones (excluding diaryl/α,β-unsaturated/α-hetero) is 1. The van der Waals surface area contributed by atoms with Crippen molar-refractivity contribution in [2.24, 2.45) is 5.41 Å². The number of hydrogen-bond donors (Lipinski definition) is 1. The van der Waals surface area contributed by atoms with Crippen molar-refractivity contribution >= 4 is 17.4 Å². The molecule has 3 heteroatoms. The number of ketones is 1. The topological polar surface area (TPSA) is 46.2 Å². The molecule has 0 aliphatic heterocycles. The van der Waals surface area contributed by atoms with E-state index in [9.17, 15) is 9.59 Å². The minimum absolute atomic E-state index is 0.0523. The average Bonchev–Trinajstić information content (AvgIpc) is 2.53. The highest BCUT2D eigenvalue weighted by molar-refractivity contribution is 6.05. The van der Waals surface area contributed by atoms with Crippen LogP contribution in [0.2, 0.25) is 0 Å². The number of carbonyl (C=O) groups excluding carboxylic acids is 2. The molecular weight excluding hydrogens is 322 g/mol. The van der Waals surface area contributed by atoms with E-state index in [1.807, 2.05) is 45.0 Å². The molecule has 0 saturated carbocycles. The van der Waals surface area contributed by atoms with Gasteiger partial charge in [-0.1, -0.05) is 65.8 Å². The van der Waals surface area contributed by atoms with Crippen molar-refractivity contribution in [3.8, 4) is 0 Å². The van der Waals surface area contributed by atoms with E-state index in [-0.39, 0.29) is 22.5 Å². The molecule has 0 aliphatic carbocycles. The molecule has 0 aliphatic rings. The highest BCUT2D eigenvalue weighted by Crippen LogP contribution is 2.24. The Morgan fingerprint density at radius 3 is 2.00 bits per heavy atom. The Morgan fingerprint density at radius 2 is 1.46 bits per heavy atom. The molecule has 0 atom stereocenters. The third-order valence-electron chi connectivity index (χ3n) is 4.15. The van der Waals surface area contributed by atoms with Crippen LogP contribution < -0.4 is 5.32 Å². The van der Waals surface area contributed by atoms with Gasteiger partial charge in [-0.2, -0.15) is 0 Å². The van der Waals surface area contributed by atoms with Crippen LogP contribution in [0.3, 0.4) is 0 Å². The summed E-state index contributed by atoms with van der Waals surface area (Å²) in [6.45, 7) is 12.5. The van der Waals surface area contributed by atoms with Crippen molar-refractivity contribution in [2.45, 2.75) is 53.4 Å². The number of rotatable bonds is 4. The van der Waals surface area contributed by atoms with Crippen molar-refractivity contribution in [3.63, 3.8) is 0 Å². The van der Waals surface area contributed by atoms with E-state index in [0.717, 1.165) is 0 Å². The van der Waals surface area contributed by atoms with Crippen molar-refractivity contribution in [1.82, 2.24) is 0 Å². The quantitative estimate of drug-likeness (QED) is 0.702. The number of hydrogen-bond acceptors (Lipinski definition) is 2. The predicted octanol–water partition coefficient (Wildman–Crippen LogP) is 5.86. The molecule has 0 bridgehead atoms. The maximum atomic E-state index is 12.5. The van der Waals surface area contributed by atoms with Gasteiger partial charge in [0.15, 0.2) is 5.78 Å². The molecule has 0 fully saturated rings. The summed E-state index contributed by atoms with van der Waals surface area (Å²) in [6.07, 6.45) is 0.471. The summed E-state index contributed by atoms with van der Waals surface area (Å²) in [5, 5.41) is 2.88. The van der Waals surface area contributed by atoms with Gasteiger partial charge in [-0.05, 0) is 40.7 Å². The minimum atomic E-state index is -0.175. The second-order valence-corrected chi connectivity index (χ2v) is 9.02. The number of benzene rings is 2. The third-order valence-corrected chi connectivity index (χ3v) is 4.15. The Bertz CT molecular complexity index is 790. The van der Waals surface area contributed by atoms with Gasteiger partial charge < -0.3 is 5.32 Å². The highest BCUT2D eigenvalue weighted by atomic mass is 16.1. The highest BCUT2D eigenvalue weighted by Gasteiger charge is 2.18. The van der Waals surface area contributed by atoms with Gasteiger partial charge in [-0.25, -0.2) is 0 Å². The van der Waals surface area contributed by atoms with Gasteiger partial charge in [0.1, 0.15) is 0 Å². The van der Waals surface area contributed by atoms with Crippen LogP contribution in [0.5, 0.6) is 0 Å². The van der Waals surface area contributed by atoms with Crippen LogP contribution in [0.25, 0.3) is 0 Å². The summed E-state index contributed by atoms with van der Waals surface area (Å²) in [4.78, 5) is 24.9. The first kappa shape index (κ1) is 19.9. The molecule has 0 radical (unpaired) electrons. The largest absolute Gasteiger partial charge is 0.322 e. The molecule has 3 nitrogen and oxygen atoms in total. The molecule has 2 rings (SSSR count). The van der Waals surface area contributed by atoms with Crippen LogP contribution in [0.15, 0.2) is 48.5 Å². The second-order valence-electron chi connectivity index (χ2n) is 9.02. The summed E-state index contributed by atoms with van der Waals surface area (Å²) in [6, 6.07) is 14.8. The summed E-state index contributed by atoms with van der Waals surface area (Å²) >= 11 is 0. The first-order chi connectivity index (χ1) is 12.0. The monoisotopic (exact) mass is 351 g/mol. The van der Waals surface area contributed by atoms with Crippen LogP contribution in [-0.4, -0.2) is 11.7 Å². The number of amides is 1. The Morgan fingerprint density at radius 1 is 0.846 bits per heavy atom. The zero-order valence-corrected chi connectivity index (χ0v) is 16.6. The van der Waals surface area contributed by atoms with E-state index in [4.69, 9.17) is 0 Å². The Kier molecular flexibility index (Phi) is 5.70. The molecule has 138 valence electrons. The van der Waals surface area contributed by atoms with Crippen molar-refractivity contribution in [3.05, 3.63) is 65.2 Å². The molecule has 1 amide bonds. The average molecular weight is 351 g/mol. The van der Waals surface area contributed by atoms with Gasteiger partial charge in [-0.15, -0.1) is 0 Å². The molecule has 0 spiro atoms. The molecule has 0 saturated heterocycles. The summed E-state index contributed by atoms with van der Waals surface area (Å²) < 4.78 is 0. The number of nitrogens with one attached hydrogen (secondary N) is 1. The molecule has 2 aromatic carbocycles. The first-order valence-electron chi connectivity index (χ1n) is 9.01. The van der Waals surface area contributed by atoms with Gasteiger partial charge in [-0.3, -0.25) is 9.59 Å². The molecule has 1 N–H and O–H groups in total. The van der Waals surface area contributed by atoms with Gasteiger partial charge in [0.2, 0.25) is 0 Å². The zero-order valence-electron chi connectivity index (χ0n) is 16.6. The number of anilines is 1. The molecule has 0 unspecified atom stereocenters. The van der Waals surface area contributed by atoms with Gasteiger partial charge in [0, 0.05) is 23.2 Å². The Hall–Kier alpha value is -2.42. The maximum Gasteiger partial charge on any atom is 0.255 e. The zero-order chi connectivity index (χ0) is 19.5. The predicted molar refractivity (Wildman–Crippen MR) is 108 cm³/mol. The molecule has 0 heterocycles. The molecule has 26 heavy (non-hydrogen) atoms. The van der Waals surface area contributed by atoms with Crippen molar-refractivity contribution < 1.29 is 9.59 Å². The van der Waals surface area contributed by atoms with Crippen LogP contribution >= 0.6 is 0 Å². The summed E-state index contributed by atoms with van der Waals surface area (Å²) in [5.41, 5.74) is 3.03. The van der Waals surface area contributed by atoms with Crippen molar-refractivity contribution in [1.29, 1.82) is 0 Å². The minimum Gasteiger partial charge on any atom is -0.322 e. The smallest absolute Gasteiger partial charge is 0.255 e. The van der Waals surface area contributed by atoms with Crippen LogP contribution in [0, 0.1) is 5.41 Å². The number of carbonyl (C=O) groups is 2. The standard InChI is InChI=1S/C23H29NO2/c1-22(2,3)15-20(25)17-8-7-9-19(14-17)24-21(26)16-10-12-18(13-11-16)23(4,5)6/h7-14H,15H2,1-6H3,(H,24,26). The van der Waals surface area contributed by atoms with Crippen LogP contribution in [-0.2, 0) is 5.41 Å². The van der Waals surface area contributed by atoms with E-state index < -0.39 is 0 Å². The fourth-order valence-electron chi connectivity index (χ4n) is 2.68. The SMILES string of the molecule is CC(C)(C)CC(=O)c1cccc(NC(=O)c2ccc(C(C)(C)C)cc2)c1. The van der Waals surface area contributed by atoms with Gasteiger partial charge in [0.25, 0.3) is 5.91 Å². The lowest BCUT2D eigenvalue weighted by atomic mass is 9.86.